The molecule has 0 atom stereocenters. The maximum Gasteiger partial charge on any atom is 2.00 e. The van der Waals surface area contributed by atoms with Gasteiger partial charge in [-0.15, -0.1) is 12.4 Å². The van der Waals surface area contributed by atoms with Crippen molar-refractivity contribution in [2.75, 3.05) is 0 Å². The average molecular weight is 159 g/mol. The van der Waals surface area contributed by atoms with Crippen molar-refractivity contribution >= 4 is 35.5 Å². The first kappa shape index (κ1) is 11.9. The Labute approximate surface area is 79.0 Å². The largest absolute Gasteiger partial charge is 2.00 e. The fourth-order valence-electron chi connectivity index (χ4n) is 0.415. The van der Waals surface area contributed by atoms with Gasteiger partial charge in [-0.1, -0.05) is 18.2 Å². The van der Waals surface area contributed by atoms with Gasteiger partial charge in [0.15, 0.2) is 0 Å². The normalized spacial score (nSPS) is 6.78. The molecule has 3 heteroatoms. The minimum atomic E-state index is -0.178. The third-order valence-electron chi connectivity index (χ3n) is 0.733. The minimum absolute atomic E-state index is 0. The van der Waals surface area contributed by atoms with Crippen LogP contribution in [0, 0.1) is 5.82 Å². The van der Waals surface area contributed by atoms with Crippen molar-refractivity contribution in [2.45, 2.75) is 0 Å². The van der Waals surface area contributed by atoms with Crippen molar-refractivity contribution in [2.24, 2.45) is 0 Å². The van der Waals surface area contributed by atoms with E-state index in [0.29, 0.717) is 0 Å². The molecule has 0 saturated heterocycles. The number of benzene rings is 1. The Morgan fingerprint density at radius 3 is 1.78 bits per heavy atom. The summed E-state index contributed by atoms with van der Waals surface area (Å²) in [5, 5.41) is 0. The van der Waals surface area contributed by atoms with Crippen molar-refractivity contribution in [3.8, 4) is 0 Å². The molecule has 0 N–H and O–H groups in total. The van der Waals surface area contributed by atoms with Gasteiger partial charge in [0.05, 0.1) is 0 Å². The van der Waals surface area contributed by atoms with E-state index in [4.69, 9.17) is 0 Å². The molecule has 1 aromatic carbocycles. The second kappa shape index (κ2) is 6.33. The predicted molar refractivity (Wildman–Crippen MR) is 41.6 cm³/mol. The van der Waals surface area contributed by atoms with Crippen molar-refractivity contribution in [1.82, 2.24) is 0 Å². The summed E-state index contributed by atoms with van der Waals surface area (Å²) in [7, 11) is 0. The summed E-state index contributed by atoms with van der Waals surface area (Å²) < 4.78 is 11.9. The van der Waals surface area contributed by atoms with E-state index >= 15 is 0 Å². The molecular weight excluding hydrogens is 151 g/mol. The zero-order valence-electron chi connectivity index (χ0n) is 6.88. The van der Waals surface area contributed by atoms with E-state index in [0.717, 1.165) is 0 Å². The fourth-order valence-corrected chi connectivity index (χ4v) is 0.415. The van der Waals surface area contributed by atoms with Gasteiger partial charge < -0.3 is 2.85 Å². The van der Waals surface area contributed by atoms with E-state index in [2.05, 4.69) is 0 Å². The monoisotopic (exact) mass is 158 g/mol. The third kappa shape index (κ3) is 4.69. The Kier molecular flexibility index (Phi) is 8.39. The van der Waals surface area contributed by atoms with Gasteiger partial charge in [-0.25, -0.2) is 4.39 Å². The molecule has 48 valence electrons. The number of hydrogen-bond acceptors (Lipinski definition) is 0. The van der Waals surface area contributed by atoms with E-state index in [9.17, 15) is 4.39 Å². The van der Waals surface area contributed by atoms with Crippen LogP contribution in [-0.2, 0) is 0 Å². The van der Waals surface area contributed by atoms with Gasteiger partial charge >= 0.3 is 23.1 Å². The van der Waals surface area contributed by atoms with Crippen LogP contribution in [0.5, 0.6) is 0 Å². The Hall–Kier alpha value is 0.206. The Morgan fingerprint density at radius 2 is 1.56 bits per heavy atom. The van der Waals surface area contributed by atoms with Gasteiger partial charge in [0.2, 0.25) is 0 Å². The van der Waals surface area contributed by atoms with Crippen molar-refractivity contribution in [3.63, 3.8) is 0 Å². The van der Waals surface area contributed by atoms with Gasteiger partial charge in [0.25, 0.3) is 0 Å². The number of halogens is 2. The zero-order chi connectivity index (χ0) is 5.11. The van der Waals surface area contributed by atoms with Crippen molar-refractivity contribution in [1.29, 1.82) is 0 Å². The molecular formula is C6H8ClFMg. The summed E-state index contributed by atoms with van der Waals surface area (Å²) in [4.78, 5) is 0. The molecule has 0 aromatic heterocycles. The number of hydrogen-bond donors (Lipinski definition) is 0. The minimum Gasteiger partial charge on any atom is -1.00 e. The van der Waals surface area contributed by atoms with E-state index < -0.39 is 0 Å². The summed E-state index contributed by atoms with van der Waals surface area (Å²) >= 11 is 0. The summed E-state index contributed by atoms with van der Waals surface area (Å²) in [6.07, 6.45) is 0. The summed E-state index contributed by atoms with van der Waals surface area (Å²) in [6.45, 7) is 0. The second-order valence-corrected chi connectivity index (χ2v) is 1.30. The van der Waals surface area contributed by atoms with Crippen molar-refractivity contribution < 1.29 is 7.24 Å². The Bertz CT molecular complexity index is 151. The second-order valence-electron chi connectivity index (χ2n) is 1.30. The van der Waals surface area contributed by atoms with Crippen molar-refractivity contribution in [3.05, 3.63) is 36.1 Å². The van der Waals surface area contributed by atoms with Gasteiger partial charge in [-0.3, -0.25) is 0 Å². The summed E-state index contributed by atoms with van der Waals surface area (Å²) in [6, 6.07) is 7.94. The Balaban J connectivity index is -0.0000000612. The molecule has 0 bridgehead atoms. The molecule has 0 aliphatic heterocycles. The molecule has 0 fully saturated rings. The van der Waals surface area contributed by atoms with Crippen LogP contribution in [0.15, 0.2) is 30.3 Å². The molecule has 0 radical (unpaired) electrons. The van der Waals surface area contributed by atoms with E-state index in [1.54, 1.807) is 18.2 Å². The fraction of sp³-hybridized carbons (Fsp3) is 0. The Morgan fingerprint density at radius 1 is 1.11 bits per heavy atom. The van der Waals surface area contributed by atoms with E-state index in [1.807, 2.05) is 0 Å². The first-order valence-electron chi connectivity index (χ1n) is 2.10. The first-order chi connectivity index (χ1) is 3.39. The van der Waals surface area contributed by atoms with Crippen LogP contribution in [0.3, 0.4) is 0 Å². The van der Waals surface area contributed by atoms with Crippen LogP contribution in [0.25, 0.3) is 0 Å². The molecule has 0 aliphatic carbocycles. The molecule has 0 amide bonds. The molecule has 0 nitrogen and oxygen atoms in total. The quantitative estimate of drug-likeness (QED) is 0.508. The predicted octanol–water partition coefficient (Wildman–Crippen LogP) is 2.09. The SMILES string of the molecule is Cl.Fc1ccccc1.[H-].[H-].[Mg+2]. The van der Waals surface area contributed by atoms with Gasteiger partial charge in [0, 0.05) is 0 Å². The standard InChI is InChI=1S/C6H5F.ClH.Mg.2H/c7-6-4-2-1-3-5-6;;;;/h1-5H;1H;;;/q;;+2;2*-1. The van der Waals surface area contributed by atoms with Crippen LogP contribution in [0.2, 0.25) is 0 Å². The number of rotatable bonds is 0. The van der Waals surface area contributed by atoms with Gasteiger partial charge in [-0.05, 0) is 12.1 Å². The summed E-state index contributed by atoms with van der Waals surface area (Å²) in [5.41, 5.74) is 0. The van der Waals surface area contributed by atoms with Gasteiger partial charge in [-0.2, -0.15) is 0 Å². The third-order valence-corrected chi connectivity index (χ3v) is 0.733. The molecule has 9 heavy (non-hydrogen) atoms. The van der Waals surface area contributed by atoms with Crippen LogP contribution in [0.4, 0.5) is 4.39 Å². The van der Waals surface area contributed by atoms with Crippen LogP contribution < -0.4 is 0 Å². The summed E-state index contributed by atoms with van der Waals surface area (Å²) in [5.74, 6) is -0.178. The topological polar surface area (TPSA) is 0 Å². The molecule has 0 saturated carbocycles. The zero-order valence-corrected chi connectivity index (χ0v) is 7.11. The van der Waals surface area contributed by atoms with Crippen LogP contribution in [0.1, 0.15) is 2.85 Å². The molecule has 0 aliphatic rings. The average Bonchev–Trinajstić information content (AvgIpc) is 1.69. The van der Waals surface area contributed by atoms with E-state index in [-0.39, 0.29) is 44.1 Å². The molecule has 1 rings (SSSR count). The maximum atomic E-state index is 11.9. The molecule has 0 heterocycles. The van der Waals surface area contributed by atoms with Gasteiger partial charge in [0.1, 0.15) is 5.82 Å². The molecule has 1 aromatic rings. The smallest absolute Gasteiger partial charge is 1.00 e. The molecule has 0 unspecified atom stereocenters. The van der Waals surface area contributed by atoms with E-state index in [1.165, 1.54) is 12.1 Å². The van der Waals surface area contributed by atoms with Crippen LogP contribution >= 0.6 is 12.4 Å². The maximum absolute atomic E-state index is 11.9. The van der Waals surface area contributed by atoms with Crippen LogP contribution in [-0.4, -0.2) is 23.1 Å². The molecule has 0 spiro atoms. The first-order valence-corrected chi connectivity index (χ1v) is 2.10.